The highest BCUT2D eigenvalue weighted by Crippen LogP contribution is 2.18. The van der Waals surface area contributed by atoms with E-state index in [4.69, 9.17) is 0 Å². The lowest BCUT2D eigenvalue weighted by atomic mass is 10.0. The Bertz CT molecular complexity index is 618. The zero-order valence-electron chi connectivity index (χ0n) is 13.6. The van der Waals surface area contributed by atoms with Crippen molar-refractivity contribution in [3.63, 3.8) is 0 Å². The van der Waals surface area contributed by atoms with Gasteiger partial charge in [0.1, 0.15) is 11.9 Å². The Morgan fingerprint density at radius 2 is 1.95 bits per heavy atom. The lowest BCUT2D eigenvalue weighted by molar-refractivity contribution is -0.125. The number of aryl methyl sites for hydroxylation is 2. The quantitative estimate of drug-likeness (QED) is 0.845. The van der Waals surface area contributed by atoms with E-state index in [1.54, 1.807) is 0 Å². The number of nitrogens with zero attached hydrogens (tertiary/aromatic N) is 3. The minimum absolute atomic E-state index is 0.0129. The standard InChI is InChI=1S/C16H23N5O/c1-11-5-7-13(8-6-11)15(21(3)4)16(22)17-10-9-14-18-12(2)19-20-14/h5-8,15H,9-10H2,1-4H3,(H,17,22)(H,18,19,20)/t15-/m0/s1. The molecule has 1 atom stereocenters. The predicted molar refractivity (Wildman–Crippen MR) is 85.4 cm³/mol. The Hall–Kier alpha value is -2.21. The zero-order valence-corrected chi connectivity index (χ0v) is 13.6. The van der Waals surface area contributed by atoms with Gasteiger partial charge in [0.25, 0.3) is 0 Å². The molecule has 0 bridgehead atoms. The average Bonchev–Trinajstić information content (AvgIpc) is 2.86. The predicted octanol–water partition coefficient (Wildman–Crippen LogP) is 1.38. The first-order valence-corrected chi connectivity index (χ1v) is 7.36. The first kappa shape index (κ1) is 16.2. The summed E-state index contributed by atoms with van der Waals surface area (Å²) in [5, 5.41) is 9.82. The largest absolute Gasteiger partial charge is 0.354 e. The number of likely N-dealkylation sites (N-methyl/N-ethyl adjacent to an activating group) is 1. The molecular weight excluding hydrogens is 278 g/mol. The number of nitrogens with one attached hydrogen (secondary N) is 2. The van der Waals surface area contributed by atoms with E-state index in [9.17, 15) is 4.79 Å². The van der Waals surface area contributed by atoms with Crippen molar-refractivity contribution in [3.05, 3.63) is 47.0 Å². The minimum Gasteiger partial charge on any atom is -0.354 e. The van der Waals surface area contributed by atoms with Crippen molar-refractivity contribution < 1.29 is 4.79 Å². The van der Waals surface area contributed by atoms with Crippen molar-refractivity contribution in [1.82, 2.24) is 25.4 Å². The summed E-state index contributed by atoms with van der Waals surface area (Å²) >= 11 is 0. The second-order valence-electron chi connectivity index (χ2n) is 5.65. The third kappa shape index (κ3) is 4.14. The van der Waals surface area contributed by atoms with Crippen molar-refractivity contribution >= 4 is 5.91 Å². The zero-order chi connectivity index (χ0) is 16.1. The van der Waals surface area contributed by atoms with Gasteiger partial charge in [0, 0.05) is 13.0 Å². The lowest BCUT2D eigenvalue weighted by Crippen LogP contribution is -2.38. The maximum Gasteiger partial charge on any atom is 0.241 e. The topological polar surface area (TPSA) is 73.9 Å². The second-order valence-corrected chi connectivity index (χ2v) is 5.65. The van der Waals surface area contributed by atoms with Crippen LogP contribution < -0.4 is 5.32 Å². The summed E-state index contributed by atoms with van der Waals surface area (Å²) in [6, 6.07) is 7.75. The highest BCUT2D eigenvalue weighted by atomic mass is 16.2. The molecular formula is C16H23N5O. The third-order valence-electron chi connectivity index (χ3n) is 3.45. The van der Waals surface area contributed by atoms with Crippen molar-refractivity contribution in [2.45, 2.75) is 26.3 Å². The van der Waals surface area contributed by atoms with Gasteiger partial charge in [-0.1, -0.05) is 29.8 Å². The molecule has 1 aromatic carbocycles. The molecule has 1 aromatic heterocycles. The Kier molecular flexibility index (Phi) is 5.27. The molecule has 0 radical (unpaired) electrons. The summed E-state index contributed by atoms with van der Waals surface area (Å²) < 4.78 is 0. The Morgan fingerprint density at radius 3 is 2.50 bits per heavy atom. The van der Waals surface area contributed by atoms with Gasteiger partial charge < -0.3 is 5.32 Å². The van der Waals surface area contributed by atoms with Crippen LogP contribution in [0.15, 0.2) is 24.3 Å². The van der Waals surface area contributed by atoms with Crippen LogP contribution in [0.25, 0.3) is 0 Å². The van der Waals surface area contributed by atoms with Crippen LogP contribution in [0, 0.1) is 13.8 Å². The molecule has 0 fully saturated rings. The van der Waals surface area contributed by atoms with Gasteiger partial charge in [-0.3, -0.25) is 14.8 Å². The van der Waals surface area contributed by atoms with Crippen molar-refractivity contribution in [3.8, 4) is 0 Å². The van der Waals surface area contributed by atoms with Crippen LogP contribution >= 0.6 is 0 Å². The average molecular weight is 301 g/mol. The van der Waals surface area contributed by atoms with Crippen molar-refractivity contribution in [2.24, 2.45) is 0 Å². The molecule has 0 aliphatic carbocycles. The molecule has 2 N–H and O–H groups in total. The fraction of sp³-hybridized carbons (Fsp3) is 0.438. The summed E-state index contributed by atoms with van der Waals surface area (Å²) in [6.07, 6.45) is 0.615. The highest BCUT2D eigenvalue weighted by Gasteiger charge is 2.22. The molecule has 0 unspecified atom stereocenters. The minimum atomic E-state index is -0.297. The normalized spacial score (nSPS) is 12.4. The fourth-order valence-corrected chi connectivity index (χ4v) is 2.33. The van der Waals surface area contributed by atoms with Crippen LogP contribution in [0.4, 0.5) is 0 Å². The molecule has 0 saturated carbocycles. The smallest absolute Gasteiger partial charge is 0.241 e. The first-order valence-electron chi connectivity index (χ1n) is 7.36. The Morgan fingerprint density at radius 1 is 1.27 bits per heavy atom. The number of carbonyl (C=O) groups excluding carboxylic acids is 1. The summed E-state index contributed by atoms with van der Waals surface area (Å²) in [5.41, 5.74) is 2.17. The van der Waals surface area contributed by atoms with Crippen LogP contribution in [0.3, 0.4) is 0 Å². The van der Waals surface area contributed by atoms with Gasteiger partial charge in [-0.15, -0.1) is 0 Å². The molecule has 118 valence electrons. The fourth-order valence-electron chi connectivity index (χ4n) is 2.33. The summed E-state index contributed by atoms with van der Waals surface area (Å²) in [6.45, 7) is 4.41. The SMILES string of the molecule is Cc1ccc([C@@H](C(=O)NCCc2n[nH]c(C)n2)N(C)C)cc1. The van der Waals surface area contributed by atoms with Gasteiger partial charge >= 0.3 is 0 Å². The van der Waals surface area contributed by atoms with Crippen LogP contribution in [-0.4, -0.2) is 46.6 Å². The summed E-state index contributed by atoms with van der Waals surface area (Å²) in [4.78, 5) is 18.6. The lowest BCUT2D eigenvalue weighted by Gasteiger charge is -2.24. The molecule has 6 nitrogen and oxygen atoms in total. The van der Waals surface area contributed by atoms with Crippen LogP contribution in [0.5, 0.6) is 0 Å². The number of hydrogen-bond donors (Lipinski definition) is 2. The number of hydrogen-bond acceptors (Lipinski definition) is 4. The summed E-state index contributed by atoms with van der Waals surface area (Å²) in [5.74, 6) is 1.49. The Balaban J connectivity index is 1.96. The van der Waals surface area contributed by atoms with Crippen molar-refractivity contribution in [1.29, 1.82) is 0 Å². The number of carbonyl (C=O) groups is 1. The van der Waals surface area contributed by atoms with Crippen LogP contribution in [0.2, 0.25) is 0 Å². The van der Waals surface area contributed by atoms with Gasteiger partial charge in [0.05, 0.1) is 0 Å². The van der Waals surface area contributed by atoms with Gasteiger partial charge in [0.2, 0.25) is 5.91 Å². The van der Waals surface area contributed by atoms with E-state index < -0.39 is 0 Å². The second kappa shape index (κ2) is 7.17. The van der Waals surface area contributed by atoms with Crippen molar-refractivity contribution in [2.75, 3.05) is 20.6 Å². The monoisotopic (exact) mass is 301 g/mol. The molecule has 1 amide bonds. The molecule has 1 heterocycles. The molecule has 0 spiro atoms. The van der Waals surface area contributed by atoms with E-state index in [-0.39, 0.29) is 11.9 Å². The van der Waals surface area contributed by atoms with E-state index in [2.05, 4.69) is 20.5 Å². The first-order chi connectivity index (χ1) is 10.5. The molecule has 0 saturated heterocycles. The number of rotatable bonds is 6. The highest BCUT2D eigenvalue weighted by molar-refractivity contribution is 5.83. The molecule has 0 aliphatic rings. The Labute approximate surface area is 130 Å². The maximum atomic E-state index is 12.5. The molecule has 22 heavy (non-hydrogen) atoms. The van der Waals surface area contributed by atoms with Gasteiger partial charge in [0.15, 0.2) is 5.82 Å². The number of aromatic amines is 1. The maximum absolute atomic E-state index is 12.5. The number of benzene rings is 1. The van der Waals surface area contributed by atoms with Gasteiger partial charge in [-0.2, -0.15) is 5.10 Å². The molecule has 6 heteroatoms. The summed E-state index contributed by atoms with van der Waals surface area (Å²) in [7, 11) is 3.81. The number of H-pyrrole nitrogens is 1. The van der Waals surface area contributed by atoms with E-state index in [1.165, 1.54) is 5.56 Å². The number of amides is 1. The third-order valence-corrected chi connectivity index (χ3v) is 3.45. The molecule has 2 aromatic rings. The van der Waals surface area contributed by atoms with E-state index in [1.807, 2.05) is 57.1 Å². The molecule has 2 rings (SSSR count). The molecule has 0 aliphatic heterocycles. The van der Waals surface area contributed by atoms with Gasteiger partial charge in [-0.25, -0.2) is 4.98 Å². The van der Waals surface area contributed by atoms with Crippen LogP contribution in [-0.2, 0) is 11.2 Å². The van der Waals surface area contributed by atoms with Gasteiger partial charge in [-0.05, 0) is 33.5 Å². The van der Waals surface area contributed by atoms with E-state index >= 15 is 0 Å². The van der Waals surface area contributed by atoms with Crippen LogP contribution in [0.1, 0.15) is 28.8 Å². The van der Waals surface area contributed by atoms with E-state index in [0.29, 0.717) is 13.0 Å². The van der Waals surface area contributed by atoms with E-state index in [0.717, 1.165) is 17.2 Å². The number of aromatic nitrogens is 3.